The van der Waals surface area contributed by atoms with E-state index >= 15 is 0 Å². The Morgan fingerprint density at radius 1 is 1.65 bits per heavy atom. The number of nitrogens with one attached hydrogen (secondary N) is 1. The number of carboxylic acid groups (broad SMARTS) is 1. The highest BCUT2D eigenvalue weighted by Gasteiger charge is 2.15. The minimum absolute atomic E-state index is 0.0893. The van der Waals surface area contributed by atoms with E-state index in [1.165, 1.54) is 18.3 Å². The van der Waals surface area contributed by atoms with Crippen LogP contribution in [-0.2, 0) is 16.0 Å². The SMILES string of the molecule is C[C@H](NC(=O)Cc1cn2ccsc2n1)C(=O)O. The fourth-order valence-corrected chi connectivity index (χ4v) is 2.10. The van der Waals surface area contributed by atoms with Gasteiger partial charge >= 0.3 is 5.97 Å². The van der Waals surface area contributed by atoms with Crippen molar-refractivity contribution < 1.29 is 14.7 Å². The summed E-state index contributed by atoms with van der Waals surface area (Å²) in [5.74, 6) is -1.39. The molecule has 17 heavy (non-hydrogen) atoms. The molecule has 0 saturated carbocycles. The molecule has 2 aromatic rings. The number of carboxylic acids is 1. The van der Waals surface area contributed by atoms with E-state index in [0.717, 1.165) is 4.96 Å². The van der Waals surface area contributed by atoms with E-state index in [1.807, 2.05) is 16.0 Å². The van der Waals surface area contributed by atoms with Crippen LogP contribution in [-0.4, -0.2) is 32.4 Å². The highest BCUT2D eigenvalue weighted by Crippen LogP contribution is 2.11. The summed E-state index contributed by atoms with van der Waals surface area (Å²) in [7, 11) is 0. The molecule has 2 rings (SSSR count). The van der Waals surface area contributed by atoms with E-state index in [2.05, 4.69) is 10.3 Å². The van der Waals surface area contributed by atoms with Gasteiger partial charge in [-0.25, -0.2) is 4.98 Å². The first kappa shape index (κ1) is 11.6. The Labute approximate surface area is 101 Å². The third-order valence-electron chi connectivity index (χ3n) is 2.23. The van der Waals surface area contributed by atoms with Gasteiger partial charge in [-0.1, -0.05) is 0 Å². The lowest BCUT2D eigenvalue weighted by molar-refractivity contribution is -0.141. The number of amides is 1. The van der Waals surface area contributed by atoms with Crippen molar-refractivity contribution in [2.75, 3.05) is 0 Å². The second-order valence-electron chi connectivity index (χ2n) is 3.63. The van der Waals surface area contributed by atoms with Gasteiger partial charge in [0.2, 0.25) is 5.91 Å². The summed E-state index contributed by atoms with van der Waals surface area (Å²) in [6.45, 7) is 1.42. The molecule has 2 heterocycles. The van der Waals surface area contributed by atoms with Crippen molar-refractivity contribution in [3.63, 3.8) is 0 Å². The second kappa shape index (κ2) is 4.54. The fraction of sp³-hybridized carbons (Fsp3) is 0.300. The number of aromatic nitrogens is 2. The molecule has 0 aliphatic carbocycles. The van der Waals surface area contributed by atoms with E-state index in [-0.39, 0.29) is 12.3 Å². The van der Waals surface area contributed by atoms with Crippen molar-refractivity contribution in [1.82, 2.24) is 14.7 Å². The van der Waals surface area contributed by atoms with Crippen LogP contribution in [0.3, 0.4) is 0 Å². The molecule has 2 aromatic heterocycles. The summed E-state index contributed by atoms with van der Waals surface area (Å²) in [4.78, 5) is 27.1. The topological polar surface area (TPSA) is 83.7 Å². The lowest BCUT2D eigenvalue weighted by atomic mass is 10.3. The van der Waals surface area contributed by atoms with E-state index < -0.39 is 12.0 Å². The Kier molecular flexibility index (Phi) is 3.10. The van der Waals surface area contributed by atoms with Crippen molar-refractivity contribution >= 4 is 28.2 Å². The number of nitrogens with zero attached hydrogens (tertiary/aromatic N) is 2. The maximum Gasteiger partial charge on any atom is 0.325 e. The zero-order chi connectivity index (χ0) is 12.4. The molecular weight excluding hydrogens is 242 g/mol. The molecule has 0 unspecified atom stereocenters. The normalized spacial score (nSPS) is 12.5. The molecule has 6 nitrogen and oxygen atoms in total. The molecular formula is C10H11N3O3S. The Hall–Kier alpha value is -1.89. The van der Waals surface area contributed by atoms with Crippen LogP contribution in [0, 0.1) is 0 Å². The van der Waals surface area contributed by atoms with Crippen LogP contribution in [0.15, 0.2) is 17.8 Å². The predicted molar refractivity (Wildman–Crippen MR) is 62.0 cm³/mol. The number of hydrogen-bond donors (Lipinski definition) is 2. The molecule has 0 spiro atoms. The number of thiazole rings is 1. The van der Waals surface area contributed by atoms with Crippen LogP contribution in [0.2, 0.25) is 0 Å². The smallest absolute Gasteiger partial charge is 0.325 e. The van der Waals surface area contributed by atoms with Gasteiger partial charge in [0.1, 0.15) is 6.04 Å². The first-order chi connectivity index (χ1) is 8.06. The third-order valence-corrected chi connectivity index (χ3v) is 3.00. The summed E-state index contributed by atoms with van der Waals surface area (Å²) in [6, 6.07) is -0.883. The number of aliphatic carboxylic acids is 1. The van der Waals surface area contributed by atoms with Gasteiger partial charge in [-0.2, -0.15) is 0 Å². The summed E-state index contributed by atoms with van der Waals surface area (Å²) in [6.07, 6.45) is 3.71. The molecule has 1 atom stereocenters. The van der Waals surface area contributed by atoms with Gasteiger partial charge in [-0.3, -0.25) is 14.0 Å². The molecule has 0 fully saturated rings. The largest absolute Gasteiger partial charge is 0.480 e. The zero-order valence-corrected chi connectivity index (χ0v) is 9.90. The number of imidazole rings is 1. The van der Waals surface area contributed by atoms with Gasteiger partial charge in [0.05, 0.1) is 12.1 Å². The molecule has 0 bridgehead atoms. The van der Waals surface area contributed by atoms with Gasteiger partial charge in [0.25, 0.3) is 0 Å². The van der Waals surface area contributed by atoms with Gasteiger partial charge in [0, 0.05) is 17.8 Å². The van der Waals surface area contributed by atoms with Crippen LogP contribution in [0.4, 0.5) is 0 Å². The molecule has 7 heteroatoms. The van der Waals surface area contributed by atoms with E-state index in [1.54, 1.807) is 6.20 Å². The van der Waals surface area contributed by atoms with Crippen LogP contribution in [0.5, 0.6) is 0 Å². The average Bonchev–Trinajstić information content (AvgIpc) is 2.76. The summed E-state index contributed by atoms with van der Waals surface area (Å²) in [5, 5.41) is 12.9. The predicted octanol–water partition coefficient (Wildman–Crippen LogP) is 0.528. The molecule has 2 N–H and O–H groups in total. The summed E-state index contributed by atoms with van der Waals surface area (Å²) in [5.41, 5.74) is 0.631. The first-order valence-corrected chi connectivity index (χ1v) is 5.87. The standard InChI is InChI=1S/C10H11N3O3S/c1-6(9(15)16)11-8(14)4-7-5-13-2-3-17-10(13)12-7/h2-3,5-6H,4H2,1H3,(H,11,14)(H,15,16)/t6-/m0/s1. The Balaban J connectivity index is 1.99. The zero-order valence-electron chi connectivity index (χ0n) is 9.08. The average molecular weight is 253 g/mol. The van der Waals surface area contributed by atoms with Crippen molar-refractivity contribution in [2.45, 2.75) is 19.4 Å². The van der Waals surface area contributed by atoms with E-state index in [0.29, 0.717) is 5.69 Å². The number of fused-ring (bicyclic) bond motifs is 1. The molecule has 0 aliphatic heterocycles. The Morgan fingerprint density at radius 2 is 2.41 bits per heavy atom. The van der Waals surface area contributed by atoms with Crippen molar-refractivity contribution in [3.05, 3.63) is 23.5 Å². The maximum atomic E-state index is 11.5. The van der Waals surface area contributed by atoms with Crippen molar-refractivity contribution in [2.24, 2.45) is 0 Å². The first-order valence-electron chi connectivity index (χ1n) is 4.99. The molecule has 90 valence electrons. The van der Waals surface area contributed by atoms with Crippen LogP contribution >= 0.6 is 11.3 Å². The molecule has 0 aliphatic rings. The molecule has 0 radical (unpaired) electrons. The number of carbonyl (C=O) groups excluding carboxylic acids is 1. The summed E-state index contributed by atoms with van der Waals surface area (Å²) < 4.78 is 1.83. The molecule has 0 saturated heterocycles. The highest BCUT2D eigenvalue weighted by atomic mass is 32.1. The quantitative estimate of drug-likeness (QED) is 0.832. The maximum absolute atomic E-state index is 11.5. The van der Waals surface area contributed by atoms with Crippen LogP contribution in [0.1, 0.15) is 12.6 Å². The number of hydrogen-bond acceptors (Lipinski definition) is 4. The van der Waals surface area contributed by atoms with Gasteiger partial charge < -0.3 is 10.4 Å². The minimum Gasteiger partial charge on any atom is -0.480 e. The lowest BCUT2D eigenvalue weighted by Crippen LogP contribution is -2.39. The van der Waals surface area contributed by atoms with Crippen molar-refractivity contribution in [3.8, 4) is 0 Å². The van der Waals surface area contributed by atoms with Crippen molar-refractivity contribution in [1.29, 1.82) is 0 Å². The van der Waals surface area contributed by atoms with Gasteiger partial charge in [-0.15, -0.1) is 11.3 Å². The monoisotopic (exact) mass is 253 g/mol. The summed E-state index contributed by atoms with van der Waals surface area (Å²) >= 11 is 1.48. The molecule has 0 aromatic carbocycles. The van der Waals surface area contributed by atoms with Crippen LogP contribution in [0.25, 0.3) is 4.96 Å². The van der Waals surface area contributed by atoms with Crippen LogP contribution < -0.4 is 5.32 Å². The number of rotatable bonds is 4. The second-order valence-corrected chi connectivity index (χ2v) is 4.50. The van der Waals surface area contributed by atoms with Gasteiger partial charge in [-0.05, 0) is 6.92 Å². The lowest BCUT2D eigenvalue weighted by Gasteiger charge is -2.07. The highest BCUT2D eigenvalue weighted by molar-refractivity contribution is 7.15. The van der Waals surface area contributed by atoms with E-state index in [4.69, 9.17) is 5.11 Å². The Bertz CT molecular complexity index is 531. The Morgan fingerprint density at radius 3 is 3.06 bits per heavy atom. The number of carbonyl (C=O) groups is 2. The third kappa shape index (κ3) is 2.62. The van der Waals surface area contributed by atoms with E-state index in [9.17, 15) is 9.59 Å². The minimum atomic E-state index is -1.05. The van der Waals surface area contributed by atoms with Gasteiger partial charge in [0.15, 0.2) is 4.96 Å². The fourth-order valence-electron chi connectivity index (χ4n) is 1.38. The molecule has 1 amide bonds.